The predicted octanol–water partition coefficient (Wildman–Crippen LogP) is 5.10. The van der Waals surface area contributed by atoms with Crippen LogP contribution in [0.5, 0.6) is 0 Å². The van der Waals surface area contributed by atoms with Gasteiger partial charge in [0, 0.05) is 29.9 Å². The van der Waals surface area contributed by atoms with Gasteiger partial charge in [0.25, 0.3) is 5.91 Å². The minimum Gasteiger partial charge on any atom is -0.352 e. The van der Waals surface area contributed by atoms with Gasteiger partial charge < -0.3 is 15.5 Å². The average molecular weight is 476 g/mol. The van der Waals surface area contributed by atoms with Crippen LogP contribution < -0.4 is 10.6 Å². The van der Waals surface area contributed by atoms with E-state index in [2.05, 4.69) is 64.2 Å². The van der Waals surface area contributed by atoms with Crippen LogP contribution in [0.15, 0.2) is 48.7 Å². The Morgan fingerprint density at radius 2 is 2.03 bits per heavy atom. The lowest BCUT2D eigenvalue weighted by atomic mass is 10.0. The van der Waals surface area contributed by atoms with Crippen molar-refractivity contribution in [3.63, 3.8) is 0 Å². The van der Waals surface area contributed by atoms with E-state index in [1.54, 1.807) is 11.3 Å². The molecule has 1 atom stereocenters. The molecule has 3 heterocycles. The summed E-state index contributed by atoms with van der Waals surface area (Å²) in [7, 11) is 0. The van der Waals surface area contributed by atoms with Gasteiger partial charge in [0.05, 0.1) is 15.9 Å². The molecule has 1 saturated heterocycles. The van der Waals surface area contributed by atoms with E-state index in [9.17, 15) is 4.79 Å². The van der Waals surface area contributed by atoms with Gasteiger partial charge in [-0.2, -0.15) is 0 Å². The highest BCUT2D eigenvalue weighted by Gasteiger charge is 2.17. The van der Waals surface area contributed by atoms with Crippen molar-refractivity contribution in [1.29, 1.82) is 0 Å². The molecule has 1 aliphatic heterocycles. The number of carbonyl (C=O) groups is 1. The van der Waals surface area contributed by atoms with Crippen molar-refractivity contribution < 1.29 is 4.79 Å². The summed E-state index contributed by atoms with van der Waals surface area (Å²) >= 11 is 1.63. The van der Waals surface area contributed by atoms with E-state index >= 15 is 0 Å². The van der Waals surface area contributed by atoms with E-state index < -0.39 is 0 Å². The Balaban J connectivity index is 1.28. The quantitative estimate of drug-likeness (QED) is 0.331. The van der Waals surface area contributed by atoms with E-state index in [0.717, 1.165) is 59.0 Å². The summed E-state index contributed by atoms with van der Waals surface area (Å²) in [5.74, 6) is -0.00924. The molecule has 7 heteroatoms. The Morgan fingerprint density at radius 1 is 1.21 bits per heavy atom. The SMILES string of the molecule is CCN(CC)CCCNC(=O)c1ccc2c(c1)sc1nc(-c3ccc([C@H]4CCCN4)cc3)cn12. The van der Waals surface area contributed by atoms with Gasteiger partial charge in [0.1, 0.15) is 0 Å². The Labute approximate surface area is 205 Å². The van der Waals surface area contributed by atoms with Crippen LogP contribution in [0.25, 0.3) is 26.4 Å². The second-order valence-corrected chi connectivity index (χ2v) is 9.98. The van der Waals surface area contributed by atoms with Crippen molar-refractivity contribution in [3.05, 3.63) is 59.8 Å². The first-order valence-corrected chi connectivity index (χ1v) is 13.2. The highest BCUT2D eigenvalue weighted by molar-refractivity contribution is 7.23. The Bertz CT molecular complexity index is 1270. The van der Waals surface area contributed by atoms with Crippen LogP contribution in [-0.4, -0.2) is 52.9 Å². The molecule has 0 unspecified atom stereocenters. The Hall–Kier alpha value is -2.74. The first-order valence-electron chi connectivity index (χ1n) is 12.4. The molecule has 0 bridgehead atoms. The lowest BCUT2D eigenvalue weighted by Crippen LogP contribution is -2.29. The number of nitrogens with one attached hydrogen (secondary N) is 2. The van der Waals surface area contributed by atoms with Gasteiger partial charge >= 0.3 is 0 Å². The van der Waals surface area contributed by atoms with Crippen molar-refractivity contribution in [2.45, 2.75) is 39.2 Å². The lowest BCUT2D eigenvalue weighted by Gasteiger charge is -2.17. The number of hydrogen-bond acceptors (Lipinski definition) is 5. The number of aromatic nitrogens is 2. The maximum atomic E-state index is 12.6. The second kappa shape index (κ2) is 10.3. The molecule has 2 N–H and O–H groups in total. The molecule has 4 aromatic rings. The molecule has 1 aliphatic rings. The topological polar surface area (TPSA) is 61.7 Å². The molecule has 1 fully saturated rings. The number of hydrogen-bond donors (Lipinski definition) is 2. The van der Waals surface area contributed by atoms with Gasteiger partial charge in [0.15, 0.2) is 4.96 Å². The van der Waals surface area contributed by atoms with Crippen molar-refractivity contribution >= 4 is 32.4 Å². The Kier molecular flexibility index (Phi) is 6.94. The zero-order valence-corrected chi connectivity index (χ0v) is 20.8. The second-order valence-electron chi connectivity index (χ2n) is 8.97. The molecular formula is C27H33N5OS. The molecule has 178 valence electrons. The summed E-state index contributed by atoms with van der Waals surface area (Å²) in [5.41, 5.74) is 5.26. The zero-order chi connectivity index (χ0) is 23.5. The standard InChI is InChI=1S/C27H33N5OS/c1-3-31(4-2)16-6-15-29-26(33)21-12-13-24-25(17-21)34-27-30-23(18-32(24)27)20-10-8-19(9-11-20)22-7-5-14-28-22/h8-13,17-18,22,28H,3-7,14-16H2,1-2H3,(H,29,33)/t22-/m1/s1. The molecule has 0 aliphatic carbocycles. The van der Waals surface area contributed by atoms with Gasteiger partial charge in [0.2, 0.25) is 0 Å². The number of nitrogens with zero attached hydrogens (tertiary/aromatic N) is 3. The van der Waals surface area contributed by atoms with Crippen molar-refractivity contribution in [3.8, 4) is 11.3 Å². The predicted molar refractivity (Wildman–Crippen MR) is 141 cm³/mol. The smallest absolute Gasteiger partial charge is 0.251 e. The molecule has 34 heavy (non-hydrogen) atoms. The summed E-state index contributed by atoms with van der Waals surface area (Å²) in [5, 5.41) is 6.62. The number of imidazole rings is 1. The van der Waals surface area contributed by atoms with Crippen molar-refractivity contribution in [2.24, 2.45) is 0 Å². The maximum absolute atomic E-state index is 12.6. The molecule has 5 rings (SSSR count). The van der Waals surface area contributed by atoms with E-state index in [1.807, 2.05) is 18.2 Å². The molecule has 0 saturated carbocycles. The van der Waals surface area contributed by atoms with Crippen LogP contribution in [0, 0.1) is 0 Å². The Morgan fingerprint density at radius 3 is 2.76 bits per heavy atom. The van der Waals surface area contributed by atoms with Gasteiger partial charge in [-0.05, 0) is 69.2 Å². The number of fused-ring (bicyclic) bond motifs is 3. The van der Waals surface area contributed by atoms with Crippen LogP contribution in [0.3, 0.4) is 0 Å². The van der Waals surface area contributed by atoms with Crippen molar-refractivity contribution in [2.75, 3.05) is 32.7 Å². The largest absolute Gasteiger partial charge is 0.352 e. The first-order chi connectivity index (χ1) is 16.7. The number of rotatable bonds is 9. The molecule has 2 aromatic carbocycles. The molecule has 2 aromatic heterocycles. The van der Waals surface area contributed by atoms with E-state index in [4.69, 9.17) is 4.98 Å². The highest BCUT2D eigenvalue weighted by atomic mass is 32.1. The maximum Gasteiger partial charge on any atom is 0.251 e. The average Bonchev–Trinajstić information content (AvgIpc) is 3.60. The molecule has 6 nitrogen and oxygen atoms in total. The number of amides is 1. The minimum absolute atomic E-state index is 0.00924. The molecule has 0 radical (unpaired) electrons. The third kappa shape index (κ3) is 4.73. The number of benzene rings is 2. The van der Waals surface area contributed by atoms with Crippen LogP contribution >= 0.6 is 11.3 Å². The summed E-state index contributed by atoms with van der Waals surface area (Å²) in [4.78, 5) is 20.8. The first kappa shape index (κ1) is 23.0. The third-order valence-corrected chi connectivity index (χ3v) is 7.87. The summed E-state index contributed by atoms with van der Waals surface area (Å²) < 4.78 is 3.21. The van der Waals surface area contributed by atoms with Gasteiger partial charge in [-0.15, -0.1) is 0 Å². The van der Waals surface area contributed by atoms with Crippen LogP contribution in [0.2, 0.25) is 0 Å². The van der Waals surface area contributed by atoms with Gasteiger partial charge in [-0.3, -0.25) is 9.20 Å². The fourth-order valence-electron chi connectivity index (χ4n) is 4.78. The fraction of sp³-hybridized carbons (Fsp3) is 0.407. The van der Waals surface area contributed by atoms with Gasteiger partial charge in [-0.1, -0.05) is 49.4 Å². The van der Waals surface area contributed by atoms with Crippen LogP contribution in [-0.2, 0) is 0 Å². The van der Waals surface area contributed by atoms with Crippen LogP contribution in [0.4, 0.5) is 0 Å². The van der Waals surface area contributed by atoms with E-state index in [-0.39, 0.29) is 5.91 Å². The minimum atomic E-state index is -0.00924. The summed E-state index contributed by atoms with van der Waals surface area (Å²) in [6.45, 7) is 9.25. The highest BCUT2D eigenvalue weighted by Crippen LogP contribution is 2.31. The number of thiazole rings is 1. The monoisotopic (exact) mass is 475 g/mol. The molecular weight excluding hydrogens is 442 g/mol. The molecule has 0 spiro atoms. The normalized spacial score (nSPS) is 16.1. The molecule has 1 amide bonds. The summed E-state index contributed by atoms with van der Waals surface area (Å²) in [6.07, 6.45) is 5.52. The summed E-state index contributed by atoms with van der Waals surface area (Å²) in [6, 6.07) is 15.2. The van der Waals surface area contributed by atoms with Gasteiger partial charge in [-0.25, -0.2) is 4.98 Å². The van der Waals surface area contributed by atoms with Crippen LogP contribution in [0.1, 0.15) is 55.1 Å². The zero-order valence-electron chi connectivity index (χ0n) is 20.0. The third-order valence-electron chi connectivity index (χ3n) is 6.86. The van der Waals surface area contributed by atoms with Crippen molar-refractivity contribution in [1.82, 2.24) is 24.9 Å². The number of carbonyl (C=O) groups excluding carboxylic acids is 1. The van der Waals surface area contributed by atoms with E-state index in [0.29, 0.717) is 18.2 Å². The fourth-order valence-corrected chi connectivity index (χ4v) is 5.83. The van der Waals surface area contributed by atoms with E-state index in [1.165, 1.54) is 18.4 Å². The lowest BCUT2D eigenvalue weighted by molar-refractivity contribution is 0.0952.